The molecular formula is C10H14N2O2S. The van der Waals surface area contributed by atoms with Crippen molar-refractivity contribution in [3.8, 4) is 0 Å². The monoisotopic (exact) mass is 226 g/mol. The highest BCUT2D eigenvalue weighted by atomic mass is 32.1. The van der Waals surface area contributed by atoms with Crippen LogP contribution in [0, 0.1) is 0 Å². The van der Waals surface area contributed by atoms with Gasteiger partial charge in [-0.15, -0.1) is 0 Å². The Balaban J connectivity index is 0.000000112. The third kappa shape index (κ3) is 7.69. The maximum atomic E-state index is 4.65. The minimum Gasteiger partial charge on any atom is -0.482 e. The van der Waals surface area contributed by atoms with Crippen molar-refractivity contribution in [2.24, 2.45) is 9.98 Å². The smallest absolute Gasteiger partial charge is 0.169 e. The fourth-order valence-corrected chi connectivity index (χ4v) is 1.21. The predicted octanol–water partition coefficient (Wildman–Crippen LogP) is 1.84. The predicted molar refractivity (Wildman–Crippen MR) is 62.9 cm³/mol. The lowest BCUT2D eigenvalue weighted by molar-refractivity contribution is 0.361. The third-order valence-corrected chi connectivity index (χ3v) is 2.03. The SMILES string of the molecule is C1=NCCO1.C1=NCCO1.c1ccsc1. The van der Waals surface area contributed by atoms with Crippen molar-refractivity contribution in [1.82, 2.24) is 0 Å². The molecule has 0 saturated carbocycles. The molecule has 0 fully saturated rings. The summed E-state index contributed by atoms with van der Waals surface area (Å²) in [5, 5.41) is 4.08. The number of thiophene rings is 1. The summed E-state index contributed by atoms with van der Waals surface area (Å²) in [4.78, 5) is 7.47. The van der Waals surface area contributed by atoms with E-state index >= 15 is 0 Å². The molecule has 5 heteroatoms. The van der Waals surface area contributed by atoms with Crippen LogP contribution < -0.4 is 0 Å². The zero-order chi connectivity index (χ0) is 10.6. The lowest BCUT2D eigenvalue weighted by Crippen LogP contribution is -1.80. The molecule has 2 aliphatic heterocycles. The van der Waals surface area contributed by atoms with E-state index < -0.39 is 0 Å². The van der Waals surface area contributed by atoms with E-state index in [4.69, 9.17) is 0 Å². The van der Waals surface area contributed by atoms with E-state index in [2.05, 4.69) is 19.5 Å². The molecule has 0 spiro atoms. The Morgan fingerprint density at radius 3 is 1.53 bits per heavy atom. The first-order valence-electron chi connectivity index (χ1n) is 4.67. The molecule has 0 radical (unpaired) electrons. The van der Waals surface area contributed by atoms with Gasteiger partial charge in [0.2, 0.25) is 0 Å². The van der Waals surface area contributed by atoms with Crippen LogP contribution >= 0.6 is 11.3 Å². The van der Waals surface area contributed by atoms with Crippen molar-refractivity contribution in [2.45, 2.75) is 0 Å². The molecule has 0 saturated heterocycles. The average molecular weight is 226 g/mol. The van der Waals surface area contributed by atoms with Gasteiger partial charge in [0.25, 0.3) is 0 Å². The number of rotatable bonds is 0. The van der Waals surface area contributed by atoms with Crippen molar-refractivity contribution in [3.05, 3.63) is 22.9 Å². The zero-order valence-corrected chi connectivity index (χ0v) is 9.23. The molecule has 1 aromatic rings. The molecule has 0 aromatic carbocycles. The summed E-state index contributed by atoms with van der Waals surface area (Å²) in [6.45, 7) is 3.25. The van der Waals surface area contributed by atoms with Gasteiger partial charge in [0.15, 0.2) is 12.8 Å². The third-order valence-electron chi connectivity index (χ3n) is 1.40. The number of hydrogen-bond donors (Lipinski definition) is 0. The Morgan fingerprint density at radius 2 is 1.40 bits per heavy atom. The molecule has 15 heavy (non-hydrogen) atoms. The molecule has 1 aromatic heterocycles. The molecule has 2 aliphatic rings. The standard InChI is InChI=1S/C4H4S.2C3H5NO/c1-2-4-5-3-1;2*1-2-5-3-4-1/h1-4H;2*3H,1-2H2. The van der Waals surface area contributed by atoms with Gasteiger partial charge < -0.3 is 9.47 Å². The molecule has 0 bridgehead atoms. The fourth-order valence-electron chi connectivity index (χ4n) is 0.754. The Bertz CT molecular complexity index is 228. The van der Waals surface area contributed by atoms with Crippen LogP contribution in [0.1, 0.15) is 0 Å². The van der Waals surface area contributed by atoms with E-state index in [1.807, 2.05) is 22.9 Å². The molecule has 0 aliphatic carbocycles. The second-order valence-corrected chi connectivity index (χ2v) is 3.37. The summed E-state index contributed by atoms with van der Waals surface area (Å²) < 4.78 is 9.31. The molecule has 3 rings (SSSR count). The quantitative estimate of drug-likeness (QED) is 0.677. The van der Waals surface area contributed by atoms with Gasteiger partial charge in [-0.1, -0.05) is 12.1 Å². The Morgan fingerprint density at radius 1 is 0.867 bits per heavy atom. The van der Waals surface area contributed by atoms with Gasteiger partial charge >= 0.3 is 0 Å². The van der Waals surface area contributed by atoms with E-state index in [1.165, 1.54) is 12.8 Å². The average Bonchev–Trinajstić information content (AvgIpc) is 3.09. The van der Waals surface area contributed by atoms with Gasteiger partial charge in [-0.05, 0) is 10.8 Å². The van der Waals surface area contributed by atoms with Crippen LogP contribution in [0.5, 0.6) is 0 Å². The molecule has 0 N–H and O–H groups in total. The van der Waals surface area contributed by atoms with Crippen molar-refractivity contribution in [3.63, 3.8) is 0 Å². The zero-order valence-electron chi connectivity index (χ0n) is 8.41. The summed E-state index contributed by atoms with van der Waals surface area (Å²) in [5.74, 6) is 0. The first kappa shape index (κ1) is 11.7. The van der Waals surface area contributed by atoms with Crippen LogP contribution in [-0.4, -0.2) is 39.1 Å². The number of hydrogen-bond acceptors (Lipinski definition) is 5. The second-order valence-electron chi connectivity index (χ2n) is 2.56. The first-order chi connectivity index (χ1) is 7.50. The van der Waals surface area contributed by atoms with E-state index in [9.17, 15) is 0 Å². The van der Waals surface area contributed by atoms with Crippen LogP contribution in [0.2, 0.25) is 0 Å². The van der Waals surface area contributed by atoms with Crippen molar-refractivity contribution < 1.29 is 9.47 Å². The maximum absolute atomic E-state index is 4.65. The Hall–Kier alpha value is -1.36. The van der Waals surface area contributed by atoms with Crippen molar-refractivity contribution >= 4 is 24.1 Å². The van der Waals surface area contributed by atoms with Gasteiger partial charge in [-0.2, -0.15) is 11.3 Å². The van der Waals surface area contributed by atoms with Crippen LogP contribution in [0.15, 0.2) is 32.9 Å². The molecule has 82 valence electrons. The van der Waals surface area contributed by atoms with Crippen LogP contribution in [0.3, 0.4) is 0 Å². The van der Waals surface area contributed by atoms with Crippen LogP contribution in [0.4, 0.5) is 0 Å². The molecule has 4 nitrogen and oxygen atoms in total. The minimum absolute atomic E-state index is 0.778. The number of aliphatic imine (C=N–C) groups is 2. The largest absolute Gasteiger partial charge is 0.482 e. The summed E-state index contributed by atoms with van der Waals surface area (Å²) in [7, 11) is 0. The molecule has 0 atom stereocenters. The topological polar surface area (TPSA) is 43.2 Å². The van der Waals surface area contributed by atoms with Crippen LogP contribution in [0.25, 0.3) is 0 Å². The van der Waals surface area contributed by atoms with E-state index in [-0.39, 0.29) is 0 Å². The second kappa shape index (κ2) is 9.21. The van der Waals surface area contributed by atoms with Gasteiger partial charge in [0.1, 0.15) is 13.2 Å². The number of ether oxygens (including phenoxy) is 2. The summed E-state index contributed by atoms with van der Waals surface area (Å²) in [6, 6.07) is 4.04. The van der Waals surface area contributed by atoms with Gasteiger partial charge in [-0.3, -0.25) is 9.98 Å². The van der Waals surface area contributed by atoms with E-state index in [1.54, 1.807) is 11.3 Å². The van der Waals surface area contributed by atoms with Crippen molar-refractivity contribution in [1.29, 1.82) is 0 Å². The lowest BCUT2D eigenvalue weighted by Gasteiger charge is -1.76. The highest BCUT2D eigenvalue weighted by molar-refractivity contribution is 7.07. The van der Waals surface area contributed by atoms with Crippen LogP contribution in [-0.2, 0) is 9.47 Å². The maximum Gasteiger partial charge on any atom is 0.169 e. The fraction of sp³-hybridized carbons (Fsp3) is 0.400. The van der Waals surface area contributed by atoms with E-state index in [0.717, 1.165) is 26.3 Å². The van der Waals surface area contributed by atoms with E-state index in [0.29, 0.717) is 0 Å². The molecule has 3 heterocycles. The van der Waals surface area contributed by atoms with Gasteiger partial charge in [0, 0.05) is 0 Å². The normalized spacial score (nSPS) is 15.5. The Kier molecular flexibility index (Phi) is 7.19. The van der Waals surface area contributed by atoms with Gasteiger partial charge in [0.05, 0.1) is 13.1 Å². The molecule has 0 unspecified atom stereocenters. The number of nitrogens with zero attached hydrogens (tertiary/aromatic N) is 2. The molecular weight excluding hydrogens is 212 g/mol. The summed E-state index contributed by atoms with van der Waals surface area (Å²) in [6.07, 6.45) is 2.97. The minimum atomic E-state index is 0.778. The highest BCUT2D eigenvalue weighted by Gasteiger charge is 1.85. The summed E-state index contributed by atoms with van der Waals surface area (Å²) >= 11 is 1.71. The Labute approximate surface area is 93.3 Å². The van der Waals surface area contributed by atoms with Gasteiger partial charge in [-0.25, -0.2) is 0 Å². The molecule has 0 amide bonds. The highest BCUT2D eigenvalue weighted by Crippen LogP contribution is 1.91. The summed E-state index contributed by atoms with van der Waals surface area (Å²) in [5.41, 5.74) is 0. The lowest BCUT2D eigenvalue weighted by atomic mass is 10.7. The first-order valence-corrected chi connectivity index (χ1v) is 5.61. The van der Waals surface area contributed by atoms with Crippen molar-refractivity contribution in [2.75, 3.05) is 26.3 Å².